The first-order chi connectivity index (χ1) is 9.02. The van der Waals surface area contributed by atoms with Crippen molar-refractivity contribution < 1.29 is 4.74 Å². The number of hydrogen-bond acceptors (Lipinski definition) is 4. The Morgan fingerprint density at radius 2 is 2.32 bits per heavy atom. The first-order valence-electron chi connectivity index (χ1n) is 6.48. The van der Waals surface area contributed by atoms with Gasteiger partial charge in [-0.1, -0.05) is 27.3 Å². The molecule has 0 saturated carbocycles. The number of benzene rings is 1. The van der Waals surface area contributed by atoms with Gasteiger partial charge in [0.05, 0.1) is 15.8 Å². The Kier molecular flexibility index (Phi) is 3.53. The van der Waals surface area contributed by atoms with Gasteiger partial charge in [-0.25, -0.2) is 4.98 Å². The normalized spacial score (nSPS) is 22.6. The molecule has 0 spiro atoms. The van der Waals surface area contributed by atoms with E-state index in [1.807, 2.05) is 0 Å². The highest BCUT2D eigenvalue weighted by molar-refractivity contribution is 9.10. The fraction of sp³-hybridized carbons (Fsp3) is 0.500. The SMILES string of the molecule is CC1(C)CC(Nc2nc3cc(Br)ccc3s2)CCO1. The molecule has 1 N–H and O–H groups in total. The lowest BCUT2D eigenvalue weighted by molar-refractivity contribution is -0.0553. The number of rotatable bonds is 2. The first-order valence-corrected chi connectivity index (χ1v) is 8.09. The third-order valence-corrected chi connectivity index (χ3v) is 4.84. The van der Waals surface area contributed by atoms with Crippen molar-refractivity contribution in [1.29, 1.82) is 0 Å². The lowest BCUT2D eigenvalue weighted by Crippen LogP contribution is -2.40. The number of anilines is 1. The summed E-state index contributed by atoms with van der Waals surface area (Å²) in [5, 5.41) is 4.57. The molecule has 1 aromatic heterocycles. The molecule has 102 valence electrons. The fourth-order valence-electron chi connectivity index (χ4n) is 2.49. The molecular formula is C14H17BrN2OS. The van der Waals surface area contributed by atoms with Crippen molar-refractivity contribution in [3.05, 3.63) is 22.7 Å². The van der Waals surface area contributed by atoms with E-state index in [4.69, 9.17) is 4.74 Å². The van der Waals surface area contributed by atoms with Gasteiger partial charge in [0, 0.05) is 17.1 Å². The van der Waals surface area contributed by atoms with E-state index in [2.05, 4.69) is 58.3 Å². The summed E-state index contributed by atoms with van der Waals surface area (Å²) in [5.41, 5.74) is 1.02. The van der Waals surface area contributed by atoms with Gasteiger partial charge in [-0.05, 0) is 44.9 Å². The monoisotopic (exact) mass is 340 g/mol. The zero-order valence-electron chi connectivity index (χ0n) is 11.1. The molecule has 1 fully saturated rings. The van der Waals surface area contributed by atoms with Gasteiger partial charge < -0.3 is 10.1 Å². The summed E-state index contributed by atoms with van der Waals surface area (Å²) in [6, 6.07) is 6.68. The largest absolute Gasteiger partial charge is 0.375 e. The van der Waals surface area contributed by atoms with Crippen LogP contribution in [0.4, 0.5) is 5.13 Å². The molecule has 19 heavy (non-hydrogen) atoms. The zero-order chi connectivity index (χ0) is 13.5. The highest BCUT2D eigenvalue weighted by atomic mass is 79.9. The van der Waals surface area contributed by atoms with Gasteiger partial charge in [0.1, 0.15) is 0 Å². The number of hydrogen-bond donors (Lipinski definition) is 1. The predicted octanol–water partition coefficient (Wildman–Crippen LogP) is 4.43. The number of fused-ring (bicyclic) bond motifs is 1. The number of thiazole rings is 1. The van der Waals surface area contributed by atoms with Crippen molar-refractivity contribution in [1.82, 2.24) is 4.98 Å². The molecular weight excluding hydrogens is 324 g/mol. The van der Waals surface area contributed by atoms with Crippen molar-refractivity contribution in [2.75, 3.05) is 11.9 Å². The molecule has 0 radical (unpaired) electrons. The van der Waals surface area contributed by atoms with E-state index in [1.54, 1.807) is 11.3 Å². The molecule has 1 aliphatic rings. The van der Waals surface area contributed by atoms with Crippen LogP contribution in [0.5, 0.6) is 0 Å². The Morgan fingerprint density at radius 3 is 3.11 bits per heavy atom. The second-order valence-electron chi connectivity index (χ2n) is 5.57. The smallest absolute Gasteiger partial charge is 0.184 e. The lowest BCUT2D eigenvalue weighted by atomic mass is 9.94. The first kappa shape index (κ1) is 13.3. The molecule has 1 saturated heterocycles. The maximum absolute atomic E-state index is 5.74. The number of nitrogens with one attached hydrogen (secondary N) is 1. The van der Waals surface area contributed by atoms with E-state index >= 15 is 0 Å². The van der Waals surface area contributed by atoms with Crippen LogP contribution in [0.15, 0.2) is 22.7 Å². The number of aromatic nitrogens is 1. The molecule has 2 aromatic rings. The van der Waals surface area contributed by atoms with Crippen molar-refractivity contribution >= 4 is 42.6 Å². The van der Waals surface area contributed by atoms with Gasteiger partial charge in [-0.3, -0.25) is 0 Å². The van der Waals surface area contributed by atoms with Crippen LogP contribution in [0.2, 0.25) is 0 Å². The Balaban J connectivity index is 1.77. The minimum atomic E-state index is -0.0321. The van der Waals surface area contributed by atoms with Crippen LogP contribution >= 0.6 is 27.3 Å². The summed E-state index contributed by atoms with van der Waals surface area (Å²) in [6.45, 7) is 5.12. The van der Waals surface area contributed by atoms with Crippen molar-refractivity contribution in [2.24, 2.45) is 0 Å². The van der Waals surface area contributed by atoms with Gasteiger partial charge in [-0.2, -0.15) is 0 Å². The highest BCUT2D eigenvalue weighted by Gasteiger charge is 2.29. The van der Waals surface area contributed by atoms with Gasteiger partial charge in [0.2, 0.25) is 0 Å². The molecule has 1 atom stereocenters. The van der Waals surface area contributed by atoms with E-state index in [-0.39, 0.29) is 5.60 Å². The Bertz CT molecular complexity index is 596. The summed E-state index contributed by atoms with van der Waals surface area (Å²) in [6.07, 6.45) is 2.07. The van der Waals surface area contributed by atoms with E-state index < -0.39 is 0 Å². The number of halogens is 1. The summed E-state index contributed by atoms with van der Waals surface area (Å²) in [4.78, 5) is 4.65. The van der Waals surface area contributed by atoms with Gasteiger partial charge in [-0.15, -0.1) is 0 Å². The topological polar surface area (TPSA) is 34.2 Å². The Morgan fingerprint density at radius 1 is 1.47 bits per heavy atom. The maximum atomic E-state index is 5.74. The molecule has 0 amide bonds. The minimum absolute atomic E-state index is 0.0321. The molecule has 0 aliphatic carbocycles. The number of ether oxygens (including phenoxy) is 1. The average molecular weight is 341 g/mol. The van der Waals surface area contributed by atoms with Crippen LogP contribution in [0.3, 0.4) is 0 Å². The van der Waals surface area contributed by atoms with Crippen molar-refractivity contribution in [3.8, 4) is 0 Å². The molecule has 3 rings (SSSR count). The third kappa shape index (κ3) is 3.09. The van der Waals surface area contributed by atoms with E-state index in [0.29, 0.717) is 6.04 Å². The quantitative estimate of drug-likeness (QED) is 0.878. The Labute approximate surface area is 125 Å². The van der Waals surface area contributed by atoms with Gasteiger partial charge in [0.25, 0.3) is 0 Å². The van der Waals surface area contributed by atoms with Gasteiger partial charge in [0.15, 0.2) is 5.13 Å². The number of nitrogens with zero attached hydrogens (tertiary/aromatic N) is 1. The van der Waals surface area contributed by atoms with Crippen LogP contribution in [-0.4, -0.2) is 23.2 Å². The van der Waals surface area contributed by atoms with E-state index in [0.717, 1.165) is 34.6 Å². The van der Waals surface area contributed by atoms with E-state index in [9.17, 15) is 0 Å². The summed E-state index contributed by atoms with van der Waals surface area (Å²) in [7, 11) is 0. The standard InChI is InChI=1S/C14H17BrN2OS/c1-14(2)8-10(5-6-18-14)16-13-17-11-7-9(15)3-4-12(11)19-13/h3-4,7,10H,5-6,8H2,1-2H3,(H,16,17). The second kappa shape index (κ2) is 5.04. The molecule has 1 unspecified atom stereocenters. The predicted molar refractivity (Wildman–Crippen MR) is 84.0 cm³/mol. The van der Waals surface area contributed by atoms with Crippen LogP contribution < -0.4 is 5.32 Å². The molecule has 1 aromatic carbocycles. The van der Waals surface area contributed by atoms with Crippen LogP contribution in [0, 0.1) is 0 Å². The van der Waals surface area contributed by atoms with Crippen LogP contribution in [-0.2, 0) is 4.74 Å². The van der Waals surface area contributed by atoms with Crippen molar-refractivity contribution in [3.63, 3.8) is 0 Å². The van der Waals surface area contributed by atoms with Crippen LogP contribution in [0.25, 0.3) is 10.2 Å². The summed E-state index contributed by atoms with van der Waals surface area (Å²) in [5.74, 6) is 0. The Hall–Kier alpha value is -0.650. The minimum Gasteiger partial charge on any atom is -0.375 e. The van der Waals surface area contributed by atoms with E-state index in [1.165, 1.54) is 4.70 Å². The average Bonchev–Trinajstić information content (AvgIpc) is 2.68. The summed E-state index contributed by atoms with van der Waals surface area (Å²) < 4.78 is 8.04. The lowest BCUT2D eigenvalue weighted by Gasteiger charge is -2.35. The second-order valence-corrected chi connectivity index (χ2v) is 7.52. The van der Waals surface area contributed by atoms with Crippen molar-refractivity contribution in [2.45, 2.75) is 38.3 Å². The molecule has 2 heterocycles. The molecule has 0 bridgehead atoms. The maximum Gasteiger partial charge on any atom is 0.184 e. The van der Waals surface area contributed by atoms with Gasteiger partial charge >= 0.3 is 0 Å². The highest BCUT2D eigenvalue weighted by Crippen LogP contribution is 2.31. The van der Waals surface area contributed by atoms with Crippen LogP contribution in [0.1, 0.15) is 26.7 Å². The molecule has 3 nitrogen and oxygen atoms in total. The zero-order valence-corrected chi connectivity index (χ0v) is 13.5. The summed E-state index contributed by atoms with van der Waals surface area (Å²) >= 11 is 5.20. The molecule has 1 aliphatic heterocycles. The fourth-order valence-corrected chi connectivity index (χ4v) is 3.76. The third-order valence-electron chi connectivity index (χ3n) is 3.37. The molecule has 5 heteroatoms.